The summed E-state index contributed by atoms with van der Waals surface area (Å²) in [5.41, 5.74) is 6.70. The number of hydrogen-bond donors (Lipinski definition) is 2. The van der Waals surface area contributed by atoms with E-state index >= 15 is 0 Å². The highest BCUT2D eigenvalue weighted by atomic mass is 16.4. The molecule has 5 nitrogen and oxygen atoms in total. The molecule has 1 amide bonds. The van der Waals surface area contributed by atoms with Gasteiger partial charge in [-0.2, -0.15) is 0 Å². The Labute approximate surface area is 112 Å². The molecule has 2 atom stereocenters. The molecule has 1 fully saturated rings. The van der Waals surface area contributed by atoms with Gasteiger partial charge in [-0.3, -0.25) is 9.59 Å². The molecule has 1 aliphatic rings. The second-order valence-corrected chi connectivity index (χ2v) is 5.02. The third-order valence-electron chi connectivity index (χ3n) is 3.74. The number of carboxylic acids is 1. The summed E-state index contributed by atoms with van der Waals surface area (Å²) >= 11 is 0. The van der Waals surface area contributed by atoms with Crippen LogP contribution in [0.4, 0.5) is 0 Å². The summed E-state index contributed by atoms with van der Waals surface area (Å²) in [6, 6.07) is 8.53. The van der Waals surface area contributed by atoms with Crippen molar-refractivity contribution in [1.29, 1.82) is 0 Å². The number of amides is 1. The SMILES string of the molecule is CC(C(=O)O)C1CN(C(=O)[C@H](N)c2ccccc2)C1. The first kappa shape index (κ1) is 13.5. The molecule has 1 heterocycles. The van der Waals surface area contributed by atoms with Crippen molar-refractivity contribution in [1.82, 2.24) is 4.90 Å². The standard InChI is InChI=1S/C14H18N2O3/c1-9(14(18)19)11-7-16(8-11)13(17)12(15)10-5-3-2-4-6-10/h2-6,9,11-12H,7-8,15H2,1H3,(H,18,19)/t9?,12-/m1/s1. The number of aliphatic carboxylic acids is 1. The Morgan fingerprint density at radius 3 is 2.42 bits per heavy atom. The van der Waals surface area contributed by atoms with Gasteiger partial charge < -0.3 is 15.7 Å². The first-order chi connectivity index (χ1) is 9.00. The number of nitrogens with zero attached hydrogens (tertiary/aromatic N) is 1. The summed E-state index contributed by atoms with van der Waals surface area (Å²) in [6.45, 7) is 2.63. The van der Waals surface area contributed by atoms with Crippen molar-refractivity contribution in [3.05, 3.63) is 35.9 Å². The van der Waals surface area contributed by atoms with E-state index in [2.05, 4.69) is 0 Å². The first-order valence-corrected chi connectivity index (χ1v) is 6.33. The maximum absolute atomic E-state index is 12.1. The average Bonchev–Trinajstić information content (AvgIpc) is 2.36. The highest BCUT2D eigenvalue weighted by Crippen LogP contribution is 2.26. The van der Waals surface area contributed by atoms with Crippen molar-refractivity contribution in [3.63, 3.8) is 0 Å². The van der Waals surface area contributed by atoms with Crippen LogP contribution in [0.5, 0.6) is 0 Å². The zero-order chi connectivity index (χ0) is 14.0. The topological polar surface area (TPSA) is 83.6 Å². The van der Waals surface area contributed by atoms with E-state index in [0.717, 1.165) is 5.56 Å². The zero-order valence-corrected chi connectivity index (χ0v) is 10.8. The zero-order valence-electron chi connectivity index (χ0n) is 10.8. The predicted molar refractivity (Wildman–Crippen MR) is 70.2 cm³/mol. The van der Waals surface area contributed by atoms with Gasteiger partial charge in [-0.15, -0.1) is 0 Å². The van der Waals surface area contributed by atoms with Crippen LogP contribution in [0.25, 0.3) is 0 Å². The van der Waals surface area contributed by atoms with Crippen molar-refractivity contribution < 1.29 is 14.7 Å². The lowest BCUT2D eigenvalue weighted by Gasteiger charge is -2.42. The molecule has 5 heteroatoms. The van der Waals surface area contributed by atoms with Gasteiger partial charge in [0.25, 0.3) is 0 Å². The van der Waals surface area contributed by atoms with Crippen molar-refractivity contribution >= 4 is 11.9 Å². The summed E-state index contributed by atoms with van der Waals surface area (Å²) in [5.74, 6) is -1.34. The van der Waals surface area contributed by atoms with Gasteiger partial charge in [-0.25, -0.2) is 0 Å². The molecule has 102 valence electrons. The Balaban J connectivity index is 1.92. The smallest absolute Gasteiger partial charge is 0.306 e. The van der Waals surface area contributed by atoms with Gasteiger partial charge in [0, 0.05) is 19.0 Å². The minimum atomic E-state index is -0.815. The summed E-state index contributed by atoms with van der Waals surface area (Å²) in [5, 5.41) is 8.90. The van der Waals surface area contributed by atoms with Crippen LogP contribution in [0, 0.1) is 11.8 Å². The minimum Gasteiger partial charge on any atom is -0.481 e. The normalized spacial score (nSPS) is 18.5. The van der Waals surface area contributed by atoms with Crippen LogP contribution >= 0.6 is 0 Å². The Hall–Kier alpha value is -1.88. The minimum absolute atomic E-state index is 0.0319. The lowest BCUT2D eigenvalue weighted by Crippen LogP contribution is -2.55. The van der Waals surface area contributed by atoms with Gasteiger partial charge in [-0.1, -0.05) is 37.3 Å². The fourth-order valence-electron chi connectivity index (χ4n) is 2.21. The third-order valence-corrected chi connectivity index (χ3v) is 3.74. The van der Waals surface area contributed by atoms with E-state index < -0.39 is 17.9 Å². The van der Waals surface area contributed by atoms with Crippen molar-refractivity contribution in [3.8, 4) is 0 Å². The summed E-state index contributed by atoms with van der Waals surface area (Å²) in [4.78, 5) is 24.6. The molecule has 0 bridgehead atoms. The molecule has 1 aromatic carbocycles. The van der Waals surface area contributed by atoms with Crippen molar-refractivity contribution in [2.45, 2.75) is 13.0 Å². The molecule has 0 radical (unpaired) electrons. The highest BCUT2D eigenvalue weighted by molar-refractivity contribution is 5.84. The molecule has 2 rings (SSSR count). The van der Waals surface area contributed by atoms with E-state index in [1.807, 2.05) is 30.3 Å². The number of hydrogen-bond acceptors (Lipinski definition) is 3. The summed E-state index contributed by atoms with van der Waals surface area (Å²) in [7, 11) is 0. The fourth-order valence-corrected chi connectivity index (χ4v) is 2.21. The van der Waals surface area contributed by atoms with Gasteiger partial charge in [0.05, 0.1) is 5.92 Å². The number of carbonyl (C=O) groups is 2. The second-order valence-electron chi connectivity index (χ2n) is 5.02. The van der Waals surface area contributed by atoms with Crippen LogP contribution in [-0.4, -0.2) is 35.0 Å². The van der Waals surface area contributed by atoms with Gasteiger partial charge >= 0.3 is 5.97 Å². The van der Waals surface area contributed by atoms with Gasteiger partial charge in [0.1, 0.15) is 6.04 Å². The molecule has 0 aliphatic carbocycles. The van der Waals surface area contributed by atoms with Crippen LogP contribution in [0.15, 0.2) is 30.3 Å². The predicted octanol–water partition coefficient (Wildman–Crippen LogP) is 0.865. The van der Waals surface area contributed by atoms with Crippen LogP contribution < -0.4 is 5.73 Å². The summed E-state index contributed by atoms with van der Waals surface area (Å²) < 4.78 is 0. The van der Waals surface area contributed by atoms with E-state index in [1.54, 1.807) is 11.8 Å². The van der Waals surface area contributed by atoms with Gasteiger partial charge in [0.2, 0.25) is 5.91 Å². The lowest BCUT2D eigenvalue weighted by atomic mass is 9.86. The number of likely N-dealkylation sites (tertiary alicyclic amines) is 1. The monoisotopic (exact) mass is 262 g/mol. The van der Waals surface area contributed by atoms with E-state index in [9.17, 15) is 9.59 Å². The maximum atomic E-state index is 12.1. The highest BCUT2D eigenvalue weighted by Gasteiger charge is 2.38. The molecule has 1 aliphatic heterocycles. The quantitative estimate of drug-likeness (QED) is 0.843. The molecule has 0 saturated carbocycles. The lowest BCUT2D eigenvalue weighted by molar-refractivity contribution is -0.151. The molecular weight excluding hydrogens is 244 g/mol. The maximum Gasteiger partial charge on any atom is 0.306 e. The van der Waals surface area contributed by atoms with Crippen LogP contribution in [0.2, 0.25) is 0 Å². The van der Waals surface area contributed by atoms with Gasteiger partial charge in [-0.05, 0) is 5.56 Å². The molecule has 3 N–H and O–H groups in total. The Kier molecular flexibility index (Phi) is 3.85. The number of carboxylic acid groups (broad SMARTS) is 1. The van der Waals surface area contributed by atoms with Crippen LogP contribution in [0.3, 0.4) is 0 Å². The molecule has 1 aromatic rings. The Morgan fingerprint density at radius 2 is 1.89 bits per heavy atom. The van der Waals surface area contributed by atoms with Crippen LogP contribution in [0.1, 0.15) is 18.5 Å². The molecule has 0 aromatic heterocycles. The largest absolute Gasteiger partial charge is 0.481 e. The van der Waals surface area contributed by atoms with E-state index in [-0.39, 0.29) is 11.8 Å². The van der Waals surface area contributed by atoms with Crippen molar-refractivity contribution in [2.24, 2.45) is 17.6 Å². The Bertz CT molecular complexity index is 469. The number of carbonyl (C=O) groups excluding carboxylic acids is 1. The van der Waals surface area contributed by atoms with E-state index in [4.69, 9.17) is 10.8 Å². The number of benzene rings is 1. The van der Waals surface area contributed by atoms with Gasteiger partial charge in [0.15, 0.2) is 0 Å². The summed E-state index contributed by atoms with van der Waals surface area (Å²) in [6.07, 6.45) is 0. The van der Waals surface area contributed by atoms with E-state index in [1.165, 1.54) is 0 Å². The molecule has 1 saturated heterocycles. The molecule has 0 spiro atoms. The molecular formula is C14H18N2O3. The first-order valence-electron chi connectivity index (χ1n) is 6.33. The molecule has 19 heavy (non-hydrogen) atoms. The van der Waals surface area contributed by atoms with Crippen LogP contribution in [-0.2, 0) is 9.59 Å². The van der Waals surface area contributed by atoms with E-state index in [0.29, 0.717) is 13.1 Å². The third kappa shape index (κ3) is 2.76. The number of nitrogens with two attached hydrogens (primary N) is 1. The number of rotatable bonds is 4. The fraction of sp³-hybridized carbons (Fsp3) is 0.429. The molecule has 1 unspecified atom stereocenters. The average molecular weight is 262 g/mol. The Morgan fingerprint density at radius 1 is 1.32 bits per heavy atom. The van der Waals surface area contributed by atoms with Crippen molar-refractivity contribution in [2.75, 3.05) is 13.1 Å². The second kappa shape index (κ2) is 5.40.